The van der Waals surface area contributed by atoms with E-state index >= 15 is 0 Å². The van der Waals surface area contributed by atoms with Crippen molar-refractivity contribution >= 4 is 11.3 Å². The molecule has 0 amide bonds. The van der Waals surface area contributed by atoms with E-state index in [-0.39, 0.29) is 5.54 Å². The van der Waals surface area contributed by atoms with Gasteiger partial charge in [-0.3, -0.25) is 0 Å². The molecule has 0 saturated carbocycles. The van der Waals surface area contributed by atoms with Gasteiger partial charge in [0, 0.05) is 11.3 Å². The fraction of sp³-hybridized carbons (Fsp3) is 0.529. The number of hydrogen-bond donors (Lipinski definition) is 1. The first-order valence-electron chi connectivity index (χ1n) is 7.13. The topological polar surface area (TPSA) is 12.0 Å². The van der Waals surface area contributed by atoms with E-state index in [0.717, 1.165) is 12.8 Å². The second-order valence-corrected chi connectivity index (χ2v) is 5.88. The highest BCUT2D eigenvalue weighted by Gasteiger charge is 2.26. The molecular formula is C17H25N. The van der Waals surface area contributed by atoms with Gasteiger partial charge in [0.15, 0.2) is 0 Å². The van der Waals surface area contributed by atoms with Crippen molar-refractivity contribution in [3.05, 3.63) is 35.4 Å². The van der Waals surface area contributed by atoms with Gasteiger partial charge < -0.3 is 5.32 Å². The summed E-state index contributed by atoms with van der Waals surface area (Å²) in [5.41, 5.74) is 5.71. The molecule has 18 heavy (non-hydrogen) atoms. The van der Waals surface area contributed by atoms with Crippen LogP contribution in [0.4, 0.5) is 5.69 Å². The molecule has 1 aliphatic rings. The predicted octanol–water partition coefficient (Wildman–Crippen LogP) is 5.20. The Labute approximate surface area is 111 Å². The maximum atomic E-state index is 3.68. The van der Waals surface area contributed by atoms with Gasteiger partial charge in [0.05, 0.1) is 5.54 Å². The number of anilines is 1. The normalized spacial score (nSPS) is 22.4. The van der Waals surface area contributed by atoms with Gasteiger partial charge in [-0.1, -0.05) is 39.8 Å². The van der Waals surface area contributed by atoms with Crippen molar-refractivity contribution in [1.82, 2.24) is 0 Å². The molecule has 1 atom stereocenters. The van der Waals surface area contributed by atoms with Crippen molar-refractivity contribution in [2.45, 2.75) is 58.9 Å². The van der Waals surface area contributed by atoms with Crippen LogP contribution in [-0.2, 0) is 0 Å². The second kappa shape index (κ2) is 4.79. The van der Waals surface area contributed by atoms with Crippen LogP contribution < -0.4 is 5.32 Å². The van der Waals surface area contributed by atoms with Crippen LogP contribution in [0.5, 0.6) is 0 Å². The van der Waals surface area contributed by atoms with E-state index in [4.69, 9.17) is 0 Å². The summed E-state index contributed by atoms with van der Waals surface area (Å²) in [5.74, 6) is 0.591. The third-order valence-corrected chi connectivity index (χ3v) is 4.08. The van der Waals surface area contributed by atoms with E-state index in [0.29, 0.717) is 5.92 Å². The van der Waals surface area contributed by atoms with Gasteiger partial charge >= 0.3 is 0 Å². The van der Waals surface area contributed by atoms with Crippen molar-refractivity contribution in [2.75, 3.05) is 5.32 Å². The van der Waals surface area contributed by atoms with E-state index in [1.807, 2.05) is 0 Å². The summed E-state index contributed by atoms with van der Waals surface area (Å²) in [5, 5.41) is 3.68. The van der Waals surface area contributed by atoms with Crippen LogP contribution in [0, 0.1) is 0 Å². The first kappa shape index (κ1) is 13.2. The minimum Gasteiger partial charge on any atom is -0.376 e. The molecule has 1 N–H and O–H groups in total. The molecule has 0 fully saturated rings. The number of fused-ring (bicyclic) bond motifs is 1. The molecule has 98 valence electrons. The average molecular weight is 243 g/mol. The molecule has 0 bridgehead atoms. The van der Waals surface area contributed by atoms with E-state index < -0.39 is 0 Å². The van der Waals surface area contributed by atoms with Crippen molar-refractivity contribution in [3.8, 4) is 0 Å². The Bertz CT molecular complexity index is 470. The number of benzene rings is 1. The summed E-state index contributed by atoms with van der Waals surface area (Å²) in [6.45, 7) is 11.3. The number of allylic oxidation sites excluding steroid dienone is 1. The fourth-order valence-electron chi connectivity index (χ4n) is 2.58. The van der Waals surface area contributed by atoms with Crippen molar-refractivity contribution in [2.24, 2.45) is 0 Å². The molecule has 1 heteroatoms. The Hall–Kier alpha value is -1.24. The predicted molar refractivity (Wildman–Crippen MR) is 81.1 cm³/mol. The first-order valence-corrected chi connectivity index (χ1v) is 7.13. The zero-order valence-corrected chi connectivity index (χ0v) is 12.3. The number of nitrogens with one attached hydrogen (secondary N) is 1. The van der Waals surface area contributed by atoms with Gasteiger partial charge in [-0.05, 0) is 49.0 Å². The van der Waals surface area contributed by atoms with Crippen LogP contribution in [0.3, 0.4) is 0 Å². The molecule has 0 saturated heterocycles. The summed E-state index contributed by atoms with van der Waals surface area (Å²) < 4.78 is 0. The maximum Gasteiger partial charge on any atom is 0.0531 e. The lowest BCUT2D eigenvalue weighted by atomic mass is 9.85. The molecule has 0 radical (unpaired) electrons. The molecular weight excluding hydrogens is 218 g/mol. The minimum absolute atomic E-state index is 0.109. The van der Waals surface area contributed by atoms with Crippen molar-refractivity contribution in [3.63, 3.8) is 0 Å². The lowest BCUT2D eigenvalue weighted by Gasteiger charge is -2.35. The standard InChI is InChI=1S/C17H25N/c1-6-13-11-17(5,7-2)18-16-9-8-14(12(3)4)10-15(13)16/h8-12,18H,6-7H2,1-5H3. The Morgan fingerprint density at radius 3 is 2.50 bits per heavy atom. The van der Waals surface area contributed by atoms with Crippen LogP contribution >= 0.6 is 0 Å². The monoisotopic (exact) mass is 243 g/mol. The first-order chi connectivity index (χ1) is 8.49. The zero-order chi connectivity index (χ0) is 13.3. The Morgan fingerprint density at radius 1 is 1.22 bits per heavy atom. The SMILES string of the molecule is CCC1=CC(C)(CC)Nc2ccc(C(C)C)cc21. The molecule has 0 spiro atoms. The molecule has 1 aromatic carbocycles. The Kier molecular flexibility index (Phi) is 3.52. The maximum absolute atomic E-state index is 3.68. The van der Waals surface area contributed by atoms with Gasteiger partial charge in [-0.2, -0.15) is 0 Å². The van der Waals surface area contributed by atoms with Crippen molar-refractivity contribution in [1.29, 1.82) is 0 Å². The van der Waals surface area contributed by atoms with E-state index in [1.165, 1.54) is 22.4 Å². The third-order valence-electron chi connectivity index (χ3n) is 4.08. The Balaban J connectivity index is 2.50. The number of rotatable bonds is 3. The van der Waals surface area contributed by atoms with Gasteiger partial charge in [-0.15, -0.1) is 0 Å². The summed E-state index contributed by atoms with van der Waals surface area (Å²) in [6, 6.07) is 6.87. The third kappa shape index (κ3) is 2.31. The molecule has 1 heterocycles. The van der Waals surface area contributed by atoms with Crippen LogP contribution in [0.2, 0.25) is 0 Å². The van der Waals surface area contributed by atoms with Gasteiger partial charge in [0.2, 0.25) is 0 Å². The van der Waals surface area contributed by atoms with Gasteiger partial charge in [0.1, 0.15) is 0 Å². The van der Waals surface area contributed by atoms with Crippen LogP contribution in [0.25, 0.3) is 5.57 Å². The largest absolute Gasteiger partial charge is 0.376 e. The average Bonchev–Trinajstić information content (AvgIpc) is 2.37. The summed E-state index contributed by atoms with van der Waals surface area (Å²) in [7, 11) is 0. The van der Waals surface area contributed by atoms with E-state index in [1.54, 1.807) is 0 Å². The molecule has 1 aromatic rings. The minimum atomic E-state index is 0.109. The zero-order valence-electron chi connectivity index (χ0n) is 12.3. The molecule has 1 unspecified atom stereocenters. The lowest BCUT2D eigenvalue weighted by molar-refractivity contribution is 0.607. The molecule has 1 aliphatic heterocycles. The lowest BCUT2D eigenvalue weighted by Crippen LogP contribution is -2.34. The quantitative estimate of drug-likeness (QED) is 0.769. The highest BCUT2D eigenvalue weighted by atomic mass is 15.0. The second-order valence-electron chi connectivity index (χ2n) is 5.88. The summed E-state index contributed by atoms with van der Waals surface area (Å²) in [6.07, 6.45) is 4.63. The smallest absolute Gasteiger partial charge is 0.0531 e. The molecule has 1 nitrogen and oxygen atoms in total. The van der Waals surface area contributed by atoms with Gasteiger partial charge in [0.25, 0.3) is 0 Å². The van der Waals surface area contributed by atoms with Crippen LogP contribution in [0.1, 0.15) is 64.5 Å². The Morgan fingerprint density at radius 2 is 1.94 bits per heavy atom. The van der Waals surface area contributed by atoms with E-state index in [9.17, 15) is 0 Å². The highest BCUT2D eigenvalue weighted by Crippen LogP contribution is 2.38. The van der Waals surface area contributed by atoms with Crippen molar-refractivity contribution < 1.29 is 0 Å². The highest BCUT2D eigenvalue weighted by molar-refractivity contribution is 5.81. The summed E-state index contributed by atoms with van der Waals surface area (Å²) >= 11 is 0. The summed E-state index contributed by atoms with van der Waals surface area (Å²) in [4.78, 5) is 0. The molecule has 2 rings (SSSR count). The van der Waals surface area contributed by atoms with Crippen LogP contribution in [-0.4, -0.2) is 5.54 Å². The molecule has 0 aliphatic carbocycles. The number of hydrogen-bond acceptors (Lipinski definition) is 1. The fourth-order valence-corrected chi connectivity index (χ4v) is 2.58. The molecule has 0 aromatic heterocycles. The van der Waals surface area contributed by atoms with Gasteiger partial charge in [-0.25, -0.2) is 0 Å². The van der Waals surface area contributed by atoms with E-state index in [2.05, 4.69) is 64.2 Å². The van der Waals surface area contributed by atoms with Crippen LogP contribution in [0.15, 0.2) is 24.3 Å².